The minimum atomic E-state index is -0.555. The van der Waals surface area contributed by atoms with Gasteiger partial charge in [0.05, 0.1) is 4.92 Å². The van der Waals surface area contributed by atoms with Gasteiger partial charge in [-0.3, -0.25) is 14.9 Å². The molecule has 0 radical (unpaired) electrons. The molecular weight excluding hydrogens is 372 g/mol. The largest absolute Gasteiger partial charge is 0.323 e. The Hall–Kier alpha value is -4.20. The van der Waals surface area contributed by atoms with E-state index in [2.05, 4.69) is 16.0 Å². The molecule has 146 valence electrons. The van der Waals surface area contributed by atoms with Crippen LogP contribution in [0.5, 0.6) is 0 Å². The Bertz CT molecular complexity index is 1070. The van der Waals surface area contributed by atoms with E-state index in [1.807, 2.05) is 13.0 Å². The number of hydrogen-bond donors (Lipinski definition) is 3. The van der Waals surface area contributed by atoms with Gasteiger partial charge in [-0.25, -0.2) is 4.79 Å². The Morgan fingerprint density at radius 1 is 0.828 bits per heavy atom. The van der Waals surface area contributed by atoms with Crippen molar-refractivity contribution in [3.05, 3.63) is 94.0 Å². The summed E-state index contributed by atoms with van der Waals surface area (Å²) in [5.41, 5.74) is 2.50. The molecule has 0 saturated heterocycles. The quantitative estimate of drug-likeness (QED) is 0.429. The van der Waals surface area contributed by atoms with Crippen molar-refractivity contribution in [1.82, 2.24) is 0 Å². The van der Waals surface area contributed by atoms with Gasteiger partial charge in [-0.1, -0.05) is 30.3 Å². The van der Waals surface area contributed by atoms with Gasteiger partial charge < -0.3 is 16.0 Å². The molecule has 0 saturated carbocycles. The fraction of sp³-hybridized carbons (Fsp3) is 0.0476. The number of anilines is 3. The van der Waals surface area contributed by atoms with Crippen molar-refractivity contribution in [3.8, 4) is 0 Å². The number of carbonyl (C=O) groups excluding carboxylic acids is 2. The molecule has 8 heteroatoms. The van der Waals surface area contributed by atoms with Crippen molar-refractivity contribution < 1.29 is 14.5 Å². The van der Waals surface area contributed by atoms with E-state index in [-0.39, 0.29) is 11.6 Å². The van der Waals surface area contributed by atoms with Crippen molar-refractivity contribution >= 4 is 34.7 Å². The van der Waals surface area contributed by atoms with Gasteiger partial charge >= 0.3 is 6.03 Å². The molecule has 3 N–H and O–H groups in total. The number of benzene rings is 3. The highest BCUT2D eigenvalue weighted by Crippen LogP contribution is 2.22. The van der Waals surface area contributed by atoms with E-state index in [9.17, 15) is 19.7 Å². The molecule has 3 aromatic carbocycles. The van der Waals surface area contributed by atoms with Gasteiger partial charge in [0.15, 0.2) is 0 Å². The number of nitro groups is 1. The molecule has 0 aromatic heterocycles. The second kappa shape index (κ2) is 8.66. The third-order valence-electron chi connectivity index (χ3n) is 4.09. The minimum Gasteiger partial charge on any atom is -0.322 e. The van der Waals surface area contributed by atoms with Crippen LogP contribution in [0.15, 0.2) is 72.8 Å². The monoisotopic (exact) mass is 390 g/mol. The summed E-state index contributed by atoms with van der Waals surface area (Å²) in [5.74, 6) is -0.263. The number of hydrogen-bond acceptors (Lipinski definition) is 4. The number of nitrogens with zero attached hydrogens (tertiary/aromatic N) is 1. The molecule has 0 aliphatic rings. The SMILES string of the molecule is Cc1ccc(NC(=O)c2ccccc2)cc1NC(=O)Nc1cccc([N+](=O)[O-])c1. The van der Waals surface area contributed by atoms with Gasteiger partial charge in [0.2, 0.25) is 0 Å². The number of urea groups is 1. The zero-order valence-electron chi connectivity index (χ0n) is 15.5. The zero-order chi connectivity index (χ0) is 20.8. The van der Waals surface area contributed by atoms with Crippen LogP contribution in [0, 0.1) is 17.0 Å². The van der Waals surface area contributed by atoms with Gasteiger partial charge in [-0.15, -0.1) is 0 Å². The van der Waals surface area contributed by atoms with Gasteiger partial charge in [0.25, 0.3) is 11.6 Å². The second-order valence-electron chi connectivity index (χ2n) is 6.24. The maximum absolute atomic E-state index is 12.3. The van der Waals surface area contributed by atoms with Crippen LogP contribution in [0.1, 0.15) is 15.9 Å². The molecule has 3 rings (SSSR count). The van der Waals surface area contributed by atoms with Crippen molar-refractivity contribution in [3.63, 3.8) is 0 Å². The van der Waals surface area contributed by atoms with Crippen LogP contribution < -0.4 is 16.0 Å². The Morgan fingerprint density at radius 2 is 1.55 bits per heavy atom. The van der Waals surface area contributed by atoms with Gasteiger partial charge in [0.1, 0.15) is 0 Å². The number of rotatable bonds is 5. The predicted octanol–water partition coefficient (Wildman–Crippen LogP) is 4.80. The van der Waals surface area contributed by atoms with Crippen LogP contribution in [-0.2, 0) is 0 Å². The molecule has 0 aliphatic carbocycles. The first-order valence-corrected chi connectivity index (χ1v) is 8.72. The summed E-state index contributed by atoms with van der Waals surface area (Å²) in [4.78, 5) is 34.9. The Labute approximate surface area is 166 Å². The van der Waals surface area contributed by atoms with E-state index in [1.54, 1.807) is 48.5 Å². The van der Waals surface area contributed by atoms with Crippen molar-refractivity contribution in [2.24, 2.45) is 0 Å². The van der Waals surface area contributed by atoms with Crippen molar-refractivity contribution in [2.45, 2.75) is 6.92 Å². The molecule has 0 fully saturated rings. The van der Waals surface area contributed by atoms with Gasteiger partial charge in [-0.2, -0.15) is 0 Å². The lowest BCUT2D eigenvalue weighted by Gasteiger charge is -2.12. The lowest BCUT2D eigenvalue weighted by atomic mass is 10.1. The number of nitrogens with one attached hydrogen (secondary N) is 3. The molecule has 0 spiro atoms. The molecule has 0 bridgehead atoms. The Morgan fingerprint density at radius 3 is 2.28 bits per heavy atom. The van der Waals surface area contributed by atoms with E-state index in [4.69, 9.17) is 0 Å². The maximum Gasteiger partial charge on any atom is 0.323 e. The molecule has 0 unspecified atom stereocenters. The van der Waals surface area contributed by atoms with Crippen LogP contribution in [0.2, 0.25) is 0 Å². The highest BCUT2D eigenvalue weighted by molar-refractivity contribution is 6.05. The topological polar surface area (TPSA) is 113 Å². The summed E-state index contributed by atoms with van der Waals surface area (Å²) >= 11 is 0. The molecular formula is C21H18N4O4. The average Bonchev–Trinajstić information content (AvgIpc) is 2.71. The van der Waals surface area contributed by atoms with Gasteiger partial charge in [0, 0.05) is 34.8 Å². The number of amides is 3. The highest BCUT2D eigenvalue weighted by atomic mass is 16.6. The van der Waals surface area contributed by atoms with E-state index < -0.39 is 11.0 Å². The lowest BCUT2D eigenvalue weighted by Crippen LogP contribution is -2.20. The molecule has 3 amide bonds. The number of non-ortho nitro benzene ring substituents is 1. The summed E-state index contributed by atoms with van der Waals surface area (Å²) in [6, 6.07) is 19.0. The lowest BCUT2D eigenvalue weighted by molar-refractivity contribution is -0.384. The first kappa shape index (κ1) is 19.6. The number of aryl methyl sites for hydroxylation is 1. The summed E-state index contributed by atoms with van der Waals surface area (Å²) in [5, 5.41) is 18.9. The second-order valence-corrected chi connectivity index (χ2v) is 6.24. The van der Waals surface area contributed by atoms with E-state index in [1.165, 1.54) is 18.2 Å². The van der Waals surface area contributed by atoms with Crippen LogP contribution in [-0.4, -0.2) is 16.9 Å². The molecule has 29 heavy (non-hydrogen) atoms. The van der Waals surface area contributed by atoms with Crippen molar-refractivity contribution in [2.75, 3.05) is 16.0 Å². The summed E-state index contributed by atoms with van der Waals surface area (Å²) in [6.07, 6.45) is 0. The van der Waals surface area contributed by atoms with E-state index >= 15 is 0 Å². The number of carbonyl (C=O) groups is 2. The van der Waals surface area contributed by atoms with Crippen LogP contribution in [0.3, 0.4) is 0 Å². The molecule has 0 heterocycles. The van der Waals surface area contributed by atoms with Crippen LogP contribution in [0.4, 0.5) is 27.5 Å². The maximum atomic E-state index is 12.3. The molecule has 0 aliphatic heterocycles. The smallest absolute Gasteiger partial charge is 0.322 e. The number of nitro benzene ring substituents is 1. The third-order valence-corrected chi connectivity index (χ3v) is 4.09. The first-order chi connectivity index (χ1) is 13.9. The standard InChI is InChI=1S/C21H18N4O4/c1-14-10-11-17(22-20(26)15-6-3-2-4-7-15)13-19(14)24-21(27)23-16-8-5-9-18(12-16)25(28)29/h2-13H,1H3,(H,22,26)(H2,23,24,27). The fourth-order valence-electron chi connectivity index (χ4n) is 2.61. The van der Waals surface area contributed by atoms with Gasteiger partial charge in [-0.05, 0) is 42.8 Å². The van der Waals surface area contributed by atoms with Crippen LogP contribution in [0.25, 0.3) is 0 Å². The molecule has 0 atom stereocenters. The minimum absolute atomic E-state index is 0.121. The normalized spacial score (nSPS) is 10.1. The van der Waals surface area contributed by atoms with E-state index in [0.717, 1.165) is 5.56 Å². The first-order valence-electron chi connectivity index (χ1n) is 8.72. The summed E-state index contributed by atoms with van der Waals surface area (Å²) in [6.45, 7) is 1.81. The fourth-order valence-corrected chi connectivity index (χ4v) is 2.61. The van der Waals surface area contributed by atoms with E-state index in [0.29, 0.717) is 22.6 Å². The molecule has 3 aromatic rings. The predicted molar refractivity (Wildman–Crippen MR) is 111 cm³/mol. The zero-order valence-corrected chi connectivity index (χ0v) is 15.5. The Balaban J connectivity index is 1.70. The highest BCUT2D eigenvalue weighted by Gasteiger charge is 2.11. The van der Waals surface area contributed by atoms with Crippen LogP contribution >= 0.6 is 0 Å². The third kappa shape index (κ3) is 5.16. The molecule has 8 nitrogen and oxygen atoms in total. The summed E-state index contributed by atoms with van der Waals surface area (Å²) in [7, 11) is 0. The van der Waals surface area contributed by atoms with Crippen molar-refractivity contribution in [1.29, 1.82) is 0 Å². The average molecular weight is 390 g/mol. The Kier molecular flexibility index (Phi) is 5.84. The summed E-state index contributed by atoms with van der Waals surface area (Å²) < 4.78 is 0.